The number of hydrogen-bond acceptors (Lipinski definition) is 3. The Kier molecular flexibility index (Phi) is 4.87. The van der Waals surface area contributed by atoms with Gasteiger partial charge in [-0.1, -0.05) is 6.07 Å². The van der Waals surface area contributed by atoms with Gasteiger partial charge in [-0.05, 0) is 25.5 Å². The fourth-order valence-corrected chi connectivity index (χ4v) is 1.50. The molecule has 0 aromatic carbocycles. The zero-order valence-electron chi connectivity index (χ0n) is 10.6. The first-order valence-electron chi connectivity index (χ1n) is 5.59. The summed E-state index contributed by atoms with van der Waals surface area (Å²) in [5.74, 6) is 0.518. The molecule has 0 saturated heterocycles. The van der Waals surface area contributed by atoms with Gasteiger partial charge in [0.15, 0.2) is 0 Å². The molecule has 0 aliphatic heterocycles. The Bertz CT molecular complexity index is 485. The van der Waals surface area contributed by atoms with Crippen molar-refractivity contribution in [2.45, 2.75) is 26.6 Å². The van der Waals surface area contributed by atoms with E-state index in [-0.39, 0.29) is 0 Å². The molecule has 7 heteroatoms. The number of aliphatic imine (C=N–C) groups is 1. The Morgan fingerprint density at radius 3 is 2.58 bits per heavy atom. The maximum Gasteiger partial charge on any atom is 0.433 e. The van der Waals surface area contributed by atoms with Crippen molar-refractivity contribution in [1.29, 1.82) is 5.26 Å². The Balaban J connectivity index is 2.83. The molecule has 0 unspecified atom stereocenters. The van der Waals surface area contributed by atoms with Gasteiger partial charge in [0.05, 0.1) is 0 Å². The van der Waals surface area contributed by atoms with E-state index < -0.39 is 11.9 Å². The average molecular weight is 270 g/mol. The number of alkyl halides is 3. The van der Waals surface area contributed by atoms with Crippen LogP contribution < -0.4 is 0 Å². The van der Waals surface area contributed by atoms with Crippen molar-refractivity contribution in [1.82, 2.24) is 9.88 Å². The first kappa shape index (κ1) is 15.0. The van der Waals surface area contributed by atoms with Gasteiger partial charge in [0, 0.05) is 19.3 Å². The third-order valence-electron chi connectivity index (χ3n) is 2.54. The van der Waals surface area contributed by atoms with Gasteiger partial charge in [-0.3, -0.25) is 4.98 Å². The number of nitriles is 1. The molecule has 102 valence electrons. The molecule has 1 rings (SSSR count). The highest BCUT2D eigenvalue weighted by atomic mass is 19.4. The van der Waals surface area contributed by atoms with E-state index in [9.17, 15) is 13.2 Å². The van der Waals surface area contributed by atoms with Gasteiger partial charge >= 0.3 is 6.18 Å². The molecule has 0 N–H and O–H groups in total. The van der Waals surface area contributed by atoms with Gasteiger partial charge in [0.1, 0.15) is 11.5 Å². The first-order valence-corrected chi connectivity index (χ1v) is 5.59. The van der Waals surface area contributed by atoms with E-state index in [1.807, 2.05) is 6.92 Å². The van der Waals surface area contributed by atoms with Crippen LogP contribution in [0.3, 0.4) is 0 Å². The lowest BCUT2D eigenvalue weighted by Gasteiger charge is -2.21. The van der Waals surface area contributed by atoms with Crippen molar-refractivity contribution in [3.63, 3.8) is 0 Å². The van der Waals surface area contributed by atoms with Crippen LogP contribution >= 0.6 is 0 Å². The molecular weight excluding hydrogens is 257 g/mol. The number of aromatic nitrogens is 1. The van der Waals surface area contributed by atoms with Crippen molar-refractivity contribution in [2.24, 2.45) is 4.99 Å². The Labute approximate surface area is 109 Å². The van der Waals surface area contributed by atoms with E-state index in [0.29, 0.717) is 24.5 Å². The highest BCUT2D eigenvalue weighted by Gasteiger charge is 2.32. The number of nitrogens with zero attached hydrogens (tertiary/aromatic N) is 4. The molecule has 4 nitrogen and oxygen atoms in total. The second-order valence-electron chi connectivity index (χ2n) is 3.82. The van der Waals surface area contributed by atoms with Crippen LogP contribution in [0.2, 0.25) is 0 Å². The monoisotopic (exact) mass is 270 g/mol. The maximum atomic E-state index is 12.3. The first-order chi connectivity index (χ1) is 8.88. The van der Waals surface area contributed by atoms with E-state index in [2.05, 4.69) is 9.98 Å². The molecule has 0 amide bonds. The molecule has 0 bridgehead atoms. The number of pyridine rings is 1. The van der Waals surface area contributed by atoms with Gasteiger partial charge in [-0.15, -0.1) is 0 Å². The lowest BCUT2D eigenvalue weighted by Crippen LogP contribution is -2.28. The maximum absolute atomic E-state index is 12.3. The van der Waals surface area contributed by atoms with Gasteiger partial charge in [-0.2, -0.15) is 23.4 Å². The molecule has 0 aliphatic rings. The minimum absolute atomic E-state index is 0.360. The molecule has 1 aromatic rings. The molecule has 1 heterocycles. The van der Waals surface area contributed by atoms with Crippen molar-refractivity contribution < 1.29 is 13.2 Å². The van der Waals surface area contributed by atoms with E-state index in [0.717, 1.165) is 6.07 Å². The summed E-state index contributed by atoms with van der Waals surface area (Å²) in [5.41, 5.74) is -0.288. The largest absolute Gasteiger partial charge is 0.433 e. The summed E-state index contributed by atoms with van der Waals surface area (Å²) in [7, 11) is 0. The predicted octanol–water partition coefficient (Wildman–Crippen LogP) is 2.82. The summed E-state index contributed by atoms with van der Waals surface area (Å²) in [5, 5.41) is 8.47. The van der Waals surface area contributed by atoms with Crippen molar-refractivity contribution >= 4 is 5.84 Å². The Hall–Kier alpha value is -2.10. The summed E-state index contributed by atoms with van der Waals surface area (Å²) in [6.45, 7) is 4.49. The van der Waals surface area contributed by atoms with Gasteiger partial charge in [-0.25, -0.2) is 0 Å². The van der Waals surface area contributed by atoms with E-state index in [1.165, 1.54) is 12.3 Å². The molecule has 0 aliphatic carbocycles. The molecule has 0 atom stereocenters. The van der Waals surface area contributed by atoms with Crippen molar-refractivity contribution in [3.8, 4) is 6.19 Å². The molecular formula is C12H13F3N4. The highest BCUT2D eigenvalue weighted by molar-refractivity contribution is 5.80. The zero-order chi connectivity index (χ0) is 14.5. The summed E-state index contributed by atoms with van der Waals surface area (Å²) < 4.78 is 37.0. The molecule has 0 saturated carbocycles. The van der Waals surface area contributed by atoms with Crippen LogP contribution in [0.5, 0.6) is 0 Å². The molecule has 1 aromatic heterocycles. The Morgan fingerprint density at radius 2 is 2.16 bits per heavy atom. The average Bonchev–Trinajstić information content (AvgIpc) is 2.35. The predicted molar refractivity (Wildman–Crippen MR) is 64.0 cm³/mol. The highest BCUT2D eigenvalue weighted by Crippen LogP contribution is 2.27. The van der Waals surface area contributed by atoms with Gasteiger partial charge in [0.25, 0.3) is 0 Å². The third-order valence-corrected chi connectivity index (χ3v) is 2.54. The van der Waals surface area contributed by atoms with Gasteiger partial charge < -0.3 is 4.90 Å². The van der Waals surface area contributed by atoms with Crippen LogP contribution in [0.25, 0.3) is 0 Å². The molecule has 19 heavy (non-hydrogen) atoms. The van der Waals surface area contributed by atoms with Crippen molar-refractivity contribution in [3.05, 3.63) is 29.6 Å². The van der Waals surface area contributed by atoms with Crippen LogP contribution in [0.4, 0.5) is 13.2 Å². The summed E-state index contributed by atoms with van der Waals surface area (Å²) in [4.78, 5) is 8.75. The lowest BCUT2D eigenvalue weighted by atomic mass is 10.2. The third kappa shape index (κ3) is 4.25. The van der Waals surface area contributed by atoms with E-state index in [4.69, 9.17) is 5.26 Å². The lowest BCUT2D eigenvalue weighted by molar-refractivity contribution is -0.141. The molecule has 0 fully saturated rings. The minimum atomic E-state index is -4.43. The fourth-order valence-electron chi connectivity index (χ4n) is 1.50. The minimum Gasteiger partial charge on any atom is -0.355 e. The smallest absolute Gasteiger partial charge is 0.355 e. The van der Waals surface area contributed by atoms with Crippen LogP contribution in [0.1, 0.15) is 25.1 Å². The van der Waals surface area contributed by atoms with E-state index in [1.54, 1.807) is 18.0 Å². The number of halogens is 3. The quantitative estimate of drug-likeness (QED) is 0.482. The summed E-state index contributed by atoms with van der Waals surface area (Å²) in [6, 6.07) is 2.32. The van der Waals surface area contributed by atoms with Gasteiger partial charge in [0.2, 0.25) is 6.19 Å². The van der Waals surface area contributed by atoms with Crippen LogP contribution in [-0.4, -0.2) is 22.3 Å². The molecule has 0 spiro atoms. The van der Waals surface area contributed by atoms with E-state index >= 15 is 0 Å². The van der Waals surface area contributed by atoms with Crippen LogP contribution in [-0.2, 0) is 12.7 Å². The summed E-state index contributed by atoms with van der Waals surface area (Å²) >= 11 is 0. The Morgan fingerprint density at radius 1 is 1.47 bits per heavy atom. The topological polar surface area (TPSA) is 52.3 Å². The number of hydrogen-bond donors (Lipinski definition) is 0. The SMILES string of the molecule is CCN(Cc1ccc(C(F)(F)F)nc1)/C(C)=N/C#N. The second kappa shape index (κ2) is 6.18. The number of amidine groups is 1. The second-order valence-corrected chi connectivity index (χ2v) is 3.82. The van der Waals surface area contributed by atoms with Crippen LogP contribution in [0, 0.1) is 11.5 Å². The normalized spacial score (nSPS) is 12.1. The van der Waals surface area contributed by atoms with Crippen LogP contribution in [0.15, 0.2) is 23.3 Å². The zero-order valence-corrected chi connectivity index (χ0v) is 10.6. The molecule has 0 radical (unpaired) electrons. The van der Waals surface area contributed by atoms with Crippen molar-refractivity contribution in [2.75, 3.05) is 6.54 Å². The standard InChI is InChI=1S/C12H13F3N4/c1-3-19(9(2)18-8-16)7-10-4-5-11(17-6-10)12(13,14)15/h4-6H,3,7H2,1-2H3/b18-9+. The fraction of sp³-hybridized carbons (Fsp3) is 0.417. The number of rotatable bonds is 3. The summed E-state index contributed by atoms with van der Waals surface area (Å²) in [6.07, 6.45) is -1.56.